The van der Waals surface area contributed by atoms with Crippen LogP contribution in [0.5, 0.6) is 17.4 Å². The van der Waals surface area contributed by atoms with Crippen LogP contribution in [-0.4, -0.2) is 70.1 Å². The molecule has 0 bridgehead atoms. The van der Waals surface area contributed by atoms with Gasteiger partial charge in [0, 0.05) is 62.3 Å². The van der Waals surface area contributed by atoms with E-state index in [1.807, 2.05) is 17.7 Å². The largest absolute Gasteiger partial charge is 0.484 e. The zero-order chi connectivity index (χ0) is 36.3. The van der Waals surface area contributed by atoms with Crippen molar-refractivity contribution in [3.05, 3.63) is 114 Å². The zero-order valence-electron chi connectivity index (χ0n) is 27.1. The molecule has 3 heterocycles. The normalized spacial score (nSPS) is 14.1. The zero-order valence-corrected chi connectivity index (χ0v) is 27.1. The molecule has 266 valence electrons. The van der Waals surface area contributed by atoms with Gasteiger partial charge in [0.25, 0.3) is 11.8 Å². The minimum Gasteiger partial charge on any atom is -0.484 e. The number of aromatic nitrogens is 2. The third-order valence-electron chi connectivity index (χ3n) is 8.32. The summed E-state index contributed by atoms with van der Waals surface area (Å²) in [5.74, 6) is 0.146. The molecule has 0 aliphatic carbocycles. The number of nitrogens with zero attached hydrogens (tertiary/aromatic N) is 4. The second-order valence-electron chi connectivity index (χ2n) is 11.9. The number of aryl methyl sites for hydroxylation is 1. The van der Waals surface area contributed by atoms with Crippen molar-refractivity contribution in [1.82, 2.24) is 19.4 Å². The van der Waals surface area contributed by atoms with Gasteiger partial charge in [0.15, 0.2) is 6.61 Å². The lowest BCUT2D eigenvalue weighted by Gasteiger charge is -2.34. The van der Waals surface area contributed by atoms with Gasteiger partial charge in [0.1, 0.15) is 17.2 Å². The van der Waals surface area contributed by atoms with E-state index in [2.05, 4.69) is 15.2 Å². The van der Waals surface area contributed by atoms with E-state index in [1.54, 1.807) is 41.3 Å². The molecule has 51 heavy (non-hydrogen) atoms. The Labute approximate surface area is 288 Å². The number of benzene rings is 3. The van der Waals surface area contributed by atoms with E-state index in [9.17, 15) is 35.9 Å². The minimum absolute atomic E-state index is 0.0581. The van der Waals surface area contributed by atoms with Gasteiger partial charge in [0.05, 0.1) is 17.4 Å². The van der Waals surface area contributed by atoms with Gasteiger partial charge in [-0.15, -0.1) is 0 Å². The number of alkyl halides is 6. The summed E-state index contributed by atoms with van der Waals surface area (Å²) in [6.45, 7) is 1.52. The lowest BCUT2D eigenvalue weighted by atomic mass is 10.1. The molecule has 1 N–H and O–H groups in total. The van der Waals surface area contributed by atoms with Crippen LogP contribution >= 0.6 is 0 Å². The molecule has 1 aliphatic heterocycles. The van der Waals surface area contributed by atoms with Crippen molar-refractivity contribution in [3.8, 4) is 17.4 Å². The Morgan fingerprint density at radius 1 is 0.824 bits per heavy atom. The first-order valence-corrected chi connectivity index (χ1v) is 15.7. The lowest BCUT2D eigenvalue weighted by Crippen LogP contribution is -2.48. The standard InChI is InChI=1S/C36H31F6N5O4/c1-45-30-12-11-29(51-32-13-8-27(20-43-32)44-33(48)24-4-6-26(7-5-24)36(40,41)42)18-25(30)19-31(45)34(49)47-16-14-46(15-17-47)21-23-2-9-28(10-3-23)50-22-35(37,38)39/h2-13,18-20H,14-17,21-22H2,1H3,(H,44,48). The first kappa shape index (κ1) is 35.3. The summed E-state index contributed by atoms with van der Waals surface area (Å²) < 4.78 is 88.1. The molecule has 1 saturated heterocycles. The van der Waals surface area contributed by atoms with Crippen molar-refractivity contribution >= 4 is 28.4 Å². The van der Waals surface area contributed by atoms with Gasteiger partial charge in [-0.1, -0.05) is 12.1 Å². The van der Waals surface area contributed by atoms with E-state index in [1.165, 1.54) is 24.4 Å². The predicted octanol–water partition coefficient (Wildman–Crippen LogP) is 7.54. The monoisotopic (exact) mass is 711 g/mol. The van der Waals surface area contributed by atoms with Gasteiger partial charge in [0.2, 0.25) is 5.88 Å². The Balaban J connectivity index is 1.02. The minimum atomic E-state index is -4.50. The molecular weight excluding hydrogens is 680 g/mol. The molecule has 0 radical (unpaired) electrons. The Morgan fingerprint density at radius 3 is 2.14 bits per heavy atom. The van der Waals surface area contributed by atoms with Crippen LogP contribution in [0.1, 0.15) is 32.0 Å². The number of fused-ring (bicyclic) bond motifs is 1. The third kappa shape index (κ3) is 8.78. The van der Waals surface area contributed by atoms with Crippen molar-refractivity contribution < 1.29 is 45.4 Å². The number of anilines is 1. The maximum atomic E-state index is 13.5. The number of rotatable bonds is 9. The number of hydrogen-bond donors (Lipinski definition) is 1. The molecule has 2 aromatic heterocycles. The van der Waals surface area contributed by atoms with Crippen LogP contribution in [0.4, 0.5) is 32.0 Å². The van der Waals surface area contributed by atoms with E-state index in [4.69, 9.17) is 9.47 Å². The second kappa shape index (κ2) is 14.3. The molecule has 0 atom stereocenters. The van der Waals surface area contributed by atoms with Crippen LogP contribution in [0, 0.1) is 0 Å². The summed E-state index contributed by atoms with van der Waals surface area (Å²) in [6.07, 6.45) is -7.53. The van der Waals surface area contributed by atoms with Crippen molar-refractivity contribution in [2.75, 3.05) is 38.1 Å². The van der Waals surface area contributed by atoms with Gasteiger partial charge in [-0.2, -0.15) is 26.3 Å². The predicted molar refractivity (Wildman–Crippen MR) is 176 cm³/mol. The highest BCUT2D eigenvalue weighted by Gasteiger charge is 2.30. The molecule has 0 unspecified atom stereocenters. The van der Waals surface area contributed by atoms with Crippen LogP contribution in [0.2, 0.25) is 0 Å². The smallest absolute Gasteiger partial charge is 0.422 e. The highest BCUT2D eigenvalue weighted by molar-refractivity contribution is 6.04. The van der Waals surface area contributed by atoms with Crippen LogP contribution in [0.15, 0.2) is 91.1 Å². The number of halogens is 6. The number of hydrogen-bond acceptors (Lipinski definition) is 6. The van der Waals surface area contributed by atoms with E-state index >= 15 is 0 Å². The lowest BCUT2D eigenvalue weighted by molar-refractivity contribution is -0.153. The van der Waals surface area contributed by atoms with Crippen LogP contribution in [-0.2, 0) is 19.8 Å². The summed E-state index contributed by atoms with van der Waals surface area (Å²) in [7, 11) is 1.81. The topological polar surface area (TPSA) is 88.9 Å². The summed E-state index contributed by atoms with van der Waals surface area (Å²) in [6, 6.07) is 20.6. The van der Waals surface area contributed by atoms with Crippen LogP contribution in [0.25, 0.3) is 10.9 Å². The van der Waals surface area contributed by atoms with E-state index < -0.39 is 30.4 Å². The Morgan fingerprint density at radius 2 is 1.51 bits per heavy atom. The fraction of sp³-hybridized carbons (Fsp3) is 0.250. The molecule has 2 amide bonds. The maximum Gasteiger partial charge on any atom is 0.422 e. The Hall–Kier alpha value is -5.57. The second-order valence-corrected chi connectivity index (χ2v) is 11.9. The van der Waals surface area contributed by atoms with E-state index in [0.717, 1.165) is 40.7 Å². The molecule has 3 aromatic carbocycles. The Bertz CT molecular complexity index is 2000. The van der Waals surface area contributed by atoms with Crippen molar-refractivity contribution in [2.45, 2.75) is 18.9 Å². The fourth-order valence-corrected chi connectivity index (χ4v) is 5.63. The van der Waals surface area contributed by atoms with E-state index in [-0.39, 0.29) is 23.1 Å². The van der Waals surface area contributed by atoms with Crippen LogP contribution in [0.3, 0.4) is 0 Å². The molecule has 0 spiro atoms. The number of carbonyl (C=O) groups is 2. The average Bonchev–Trinajstić information content (AvgIpc) is 3.43. The number of carbonyl (C=O) groups excluding carboxylic acids is 2. The van der Waals surface area contributed by atoms with Crippen LogP contribution < -0.4 is 14.8 Å². The third-order valence-corrected chi connectivity index (χ3v) is 8.32. The SMILES string of the molecule is Cn1c(C(=O)N2CCN(Cc3ccc(OCC(F)(F)F)cc3)CC2)cc2cc(Oc3ccc(NC(=O)c4ccc(C(F)(F)F)cc4)cn3)ccc21. The summed E-state index contributed by atoms with van der Waals surface area (Å²) in [4.78, 5) is 34.2. The number of nitrogens with one attached hydrogen (secondary N) is 1. The molecule has 6 rings (SSSR count). The number of pyridine rings is 1. The van der Waals surface area contributed by atoms with Crippen molar-refractivity contribution in [2.24, 2.45) is 7.05 Å². The molecule has 0 saturated carbocycles. The van der Waals surface area contributed by atoms with Crippen molar-refractivity contribution in [3.63, 3.8) is 0 Å². The summed E-state index contributed by atoms with van der Waals surface area (Å²) in [5, 5.41) is 3.37. The van der Waals surface area contributed by atoms with Gasteiger partial charge < -0.3 is 24.3 Å². The number of piperazine rings is 1. The number of ether oxygens (including phenoxy) is 2. The number of amides is 2. The molecule has 15 heteroatoms. The Kier molecular flexibility index (Phi) is 9.92. The first-order valence-electron chi connectivity index (χ1n) is 15.7. The maximum absolute atomic E-state index is 13.5. The fourth-order valence-electron chi connectivity index (χ4n) is 5.63. The summed E-state index contributed by atoms with van der Waals surface area (Å²) >= 11 is 0. The van der Waals surface area contributed by atoms with Gasteiger partial charge in [-0.3, -0.25) is 14.5 Å². The molecule has 1 aliphatic rings. The van der Waals surface area contributed by atoms with Crippen molar-refractivity contribution in [1.29, 1.82) is 0 Å². The molecule has 1 fully saturated rings. The molecule has 9 nitrogen and oxygen atoms in total. The average molecular weight is 712 g/mol. The van der Waals surface area contributed by atoms with E-state index in [0.29, 0.717) is 49.9 Å². The van der Waals surface area contributed by atoms with Gasteiger partial charge in [-0.25, -0.2) is 4.98 Å². The molecular formula is C36H31F6N5O4. The highest BCUT2D eigenvalue weighted by atomic mass is 19.4. The summed E-state index contributed by atoms with van der Waals surface area (Å²) in [5.41, 5.74) is 1.79. The quantitative estimate of drug-likeness (QED) is 0.159. The molecule has 5 aromatic rings. The van der Waals surface area contributed by atoms with Gasteiger partial charge in [-0.05, 0) is 72.3 Å². The first-order chi connectivity index (χ1) is 24.2. The van der Waals surface area contributed by atoms with Gasteiger partial charge >= 0.3 is 12.4 Å². The highest BCUT2D eigenvalue weighted by Crippen LogP contribution is 2.30.